The van der Waals surface area contributed by atoms with Crippen molar-refractivity contribution in [2.75, 3.05) is 5.33 Å². The van der Waals surface area contributed by atoms with Crippen molar-refractivity contribution in [3.05, 3.63) is 0 Å². The van der Waals surface area contributed by atoms with Gasteiger partial charge in [0.25, 0.3) is 0 Å². The summed E-state index contributed by atoms with van der Waals surface area (Å²) in [6.07, 6.45) is 5.24. The average Bonchev–Trinajstić information content (AvgIpc) is 2.72. The third-order valence-electron chi connectivity index (χ3n) is 6.23. The second-order valence-electron chi connectivity index (χ2n) is 7.65. The Morgan fingerprint density at radius 1 is 1.32 bits per heavy atom. The lowest BCUT2D eigenvalue weighted by Crippen LogP contribution is -2.65. The molecule has 3 saturated carbocycles. The minimum atomic E-state index is -0.0361. The van der Waals surface area contributed by atoms with E-state index in [9.17, 15) is 0 Å². The molecule has 0 spiro atoms. The Morgan fingerprint density at radius 3 is 2.68 bits per heavy atom. The molecule has 0 N–H and O–H groups in total. The third-order valence-corrected chi connectivity index (χ3v) is 6.79. The van der Waals surface area contributed by atoms with Crippen LogP contribution >= 0.6 is 15.9 Å². The Kier molecular flexibility index (Phi) is 3.59. The molecule has 3 aliphatic carbocycles. The Balaban J connectivity index is 1.70. The number of hydrogen-bond donors (Lipinski definition) is 0. The quantitative estimate of drug-likeness (QED) is 0.566. The Morgan fingerprint density at radius 2 is 2.05 bits per heavy atom. The van der Waals surface area contributed by atoms with E-state index in [0.29, 0.717) is 23.3 Å². The molecule has 0 radical (unpaired) electrons. The van der Waals surface area contributed by atoms with Gasteiger partial charge in [-0.05, 0) is 49.3 Å². The van der Waals surface area contributed by atoms with Crippen molar-refractivity contribution in [1.82, 2.24) is 0 Å². The zero-order valence-electron chi connectivity index (χ0n) is 12.6. The molecule has 5 atom stereocenters. The van der Waals surface area contributed by atoms with Crippen molar-refractivity contribution in [3.63, 3.8) is 0 Å². The number of alkyl halides is 1. The van der Waals surface area contributed by atoms with Gasteiger partial charge in [-0.3, -0.25) is 0 Å². The second kappa shape index (κ2) is 4.74. The summed E-state index contributed by atoms with van der Waals surface area (Å²) < 4.78 is 12.7. The van der Waals surface area contributed by atoms with Gasteiger partial charge in [-0.2, -0.15) is 0 Å². The van der Waals surface area contributed by atoms with E-state index in [4.69, 9.17) is 9.31 Å². The maximum atomic E-state index is 6.46. The first-order valence-electron chi connectivity index (χ1n) is 7.79. The SMILES string of the molecule is CC(CCCBr)B1OC2CC3CC(C3(C)C)[C@]2(C)O1. The molecule has 4 aliphatic rings. The van der Waals surface area contributed by atoms with Gasteiger partial charge >= 0.3 is 7.12 Å². The summed E-state index contributed by atoms with van der Waals surface area (Å²) in [7, 11) is 0.0178. The summed E-state index contributed by atoms with van der Waals surface area (Å²) in [6.45, 7) is 9.40. The molecule has 1 saturated heterocycles. The molecule has 0 aromatic carbocycles. The van der Waals surface area contributed by atoms with Gasteiger partial charge in [-0.15, -0.1) is 0 Å². The smallest absolute Gasteiger partial charge is 0.405 e. The Hall–Kier alpha value is 0.465. The fourth-order valence-corrected chi connectivity index (χ4v) is 5.00. The zero-order chi connectivity index (χ0) is 13.8. The summed E-state index contributed by atoms with van der Waals surface area (Å²) in [5, 5.41) is 1.07. The molecule has 2 nitrogen and oxygen atoms in total. The summed E-state index contributed by atoms with van der Waals surface area (Å²) >= 11 is 3.51. The molecule has 1 aliphatic heterocycles. The lowest BCUT2D eigenvalue weighted by molar-refractivity contribution is -0.199. The predicted molar refractivity (Wildman–Crippen MR) is 82.6 cm³/mol. The molecule has 0 aromatic rings. The summed E-state index contributed by atoms with van der Waals surface area (Å²) in [5.74, 6) is 2.02. The molecule has 0 amide bonds. The molecule has 2 bridgehead atoms. The van der Waals surface area contributed by atoms with Crippen LogP contribution in [0.3, 0.4) is 0 Å². The lowest BCUT2D eigenvalue weighted by atomic mass is 9.43. The minimum absolute atomic E-state index is 0.0178. The van der Waals surface area contributed by atoms with Crippen LogP contribution in [0.25, 0.3) is 0 Å². The third kappa shape index (κ3) is 2.05. The summed E-state index contributed by atoms with van der Waals surface area (Å²) in [6, 6.07) is 0. The van der Waals surface area contributed by atoms with Gasteiger partial charge in [-0.1, -0.05) is 43.1 Å². The molecule has 0 aromatic heterocycles. The molecular weight excluding hydrogens is 303 g/mol. The van der Waals surface area contributed by atoms with Crippen molar-refractivity contribution >= 4 is 23.0 Å². The highest BCUT2D eigenvalue weighted by molar-refractivity contribution is 9.09. The first kappa shape index (κ1) is 14.4. The van der Waals surface area contributed by atoms with Crippen LogP contribution in [-0.4, -0.2) is 24.2 Å². The number of halogens is 1. The molecular formula is C15H26BBrO2. The maximum absolute atomic E-state index is 6.46. The van der Waals surface area contributed by atoms with Crippen LogP contribution in [0.4, 0.5) is 0 Å². The van der Waals surface area contributed by atoms with Gasteiger partial charge < -0.3 is 9.31 Å². The molecule has 108 valence electrons. The standard InChI is InChI=1S/C15H26BBrO2/c1-10(6-5-7-17)16-18-13-9-11-8-12(14(11,2)3)15(13,4)19-16/h10-13H,5-9H2,1-4H3/t10?,11?,12?,13?,15-/m0/s1. The van der Waals surface area contributed by atoms with Gasteiger partial charge in [0.2, 0.25) is 0 Å². The molecule has 4 rings (SSSR count). The van der Waals surface area contributed by atoms with E-state index < -0.39 is 0 Å². The van der Waals surface area contributed by atoms with E-state index in [0.717, 1.165) is 11.2 Å². The fourth-order valence-electron chi connectivity index (χ4n) is 4.68. The molecule has 4 unspecified atom stereocenters. The molecule has 4 fully saturated rings. The van der Waals surface area contributed by atoms with E-state index in [-0.39, 0.29) is 12.7 Å². The van der Waals surface area contributed by atoms with E-state index >= 15 is 0 Å². The zero-order valence-corrected chi connectivity index (χ0v) is 14.2. The molecule has 4 heteroatoms. The number of rotatable bonds is 4. The Bertz CT molecular complexity index is 362. The lowest BCUT2D eigenvalue weighted by Gasteiger charge is -2.64. The van der Waals surface area contributed by atoms with E-state index in [1.807, 2.05) is 0 Å². The summed E-state index contributed by atoms with van der Waals surface area (Å²) in [4.78, 5) is 0. The van der Waals surface area contributed by atoms with E-state index in [2.05, 4.69) is 43.6 Å². The van der Waals surface area contributed by atoms with Crippen LogP contribution in [0.15, 0.2) is 0 Å². The highest BCUT2D eigenvalue weighted by Gasteiger charge is 2.68. The highest BCUT2D eigenvalue weighted by atomic mass is 79.9. The van der Waals surface area contributed by atoms with Gasteiger partial charge in [0.15, 0.2) is 0 Å². The van der Waals surface area contributed by atoms with Crippen molar-refractivity contribution < 1.29 is 9.31 Å². The first-order chi connectivity index (χ1) is 8.89. The van der Waals surface area contributed by atoms with Crippen molar-refractivity contribution in [2.45, 2.75) is 70.9 Å². The first-order valence-corrected chi connectivity index (χ1v) is 8.91. The van der Waals surface area contributed by atoms with Crippen LogP contribution in [-0.2, 0) is 9.31 Å². The largest absolute Gasteiger partial charge is 0.460 e. The van der Waals surface area contributed by atoms with Crippen LogP contribution in [0, 0.1) is 17.3 Å². The van der Waals surface area contributed by atoms with Crippen molar-refractivity contribution in [3.8, 4) is 0 Å². The monoisotopic (exact) mass is 328 g/mol. The fraction of sp³-hybridized carbons (Fsp3) is 1.00. The second-order valence-corrected chi connectivity index (χ2v) is 8.44. The Labute approximate surface area is 126 Å². The highest BCUT2D eigenvalue weighted by Crippen LogP contribution is 2.66. The van der Waals surface area contributed by atoms with Crippen LogP contribution < -0.4 is 0 Å². The molecule has 1 heterocycles. The van der Waals surface area contributed by atoms with Gasteiger partial charge in [-0.25, -0.2) is 0 Å². The van der Waals surface area contributed by atoms with Crippen LogP contribution in [0.5, 0.6) is 0 Å². The van der Waals surface area contributed by atoms with Gasteiger partial charge in [0.05, 0.1) is 11.7 Å². The van der Waals surface area contributed by atoms with Crippen molar-refractivity contribution in [1.29, 1.82) is 0 Å². The van der Waals surface area contributed by atoms with Crippen LogP contribution in [0.2, 0.25) is 5.82 Å². The van der Waals surface area contributed by atoms with Crippen molar-refractivity contribution in [2.24, 2.45) is 17.3 Å². The van der Waals surface area contributed by atoms with Crippen LogP contribution in [0.1, 0.15) is 53.4 Å². The van der Waals surface area contributed by atoms with Gasteiger partial charge in [0, 0.05) is 5.33 Å². The average molecular weight is 329 g/mol. The normalized spacial score (nSPS) is 44.7. The molecule has 19 heavy (non-hydrogen) atoms. The van der Waals surface area contributed by atoms with Gasteiger partial charge in [0.1, 0.15) is 0 Å². The maximum Gasteiger partial charge on any atom is 0.460 e. The minimum Gasteiger partial charge on any atom is -0.405 e. The topological polar surface area (TPSA) is 18.5 Å². The van der Waals surface area contributed by atoms with E-state index in [1.165, 1.54) is 25.7 Å². The number of hydrogen-bond acceptors (Lipinski definition) is 2. The van der Waals surface area contributed by atoms with E-state index in [1.54, 1.807) is 0 Å². The summed E-state index contributed by atoms with van der Waals surface area (Å²) in [5.41, 5.74) is 0.411. The predicted octanol–water partition coefficient (Wildman–Crippen LogP) is 4.28.